The van der Waals surface area contributed by atoms with E-state index in [1.54, 1.807) is 31.2 Å². The van der Waals surface area contributed by atoms with Gasteiger partial charge in [-0.3, -0.25) is 14.6 Å². The smallest absolute Gasteiger partial charge is 0.416 e. The maximum atomic E-state index is 13.6. The van der Waals surface area contributed by atoms with Gasteiger partial charge in [0.05, 0.1) is 42.1 Å². The summed E-state index contributed by atoms with van der Waals surface area (Å²) in [6.07, 6.45) is -11.0. The van der Waals surface area contributed by atoms with E-state index in [1.165, 1.54) is 37.3 Å². The van der Waals surface area contributed by atoms with Crippen molar-refractivity contribution in [3.63, 3.8) is 0 Å². The summed E-state index contributed by atoms with van der Waals surface area (Å²) >= 11 is 0. The van der Waals surface area contributed by atoms with E-state index in [1.807, 2.05) is 0 Å². The van der Waals surface area contributed by atoms with Crippen LogP contribution in [0.15, 0.2) is 60.8 Å². The molecule has 0 radical (unpaired) electrons. The van der Waals surface area contributed by atoms with Crippen molar-refractivity contribution in [2.24, 2.45) is 0 Å². The number of nitrogens with zero attached hydrogens (tertiary/aromatic N) is 4. The molecule has 1 aromatic heterocycles. The van der Waals surface area contributed by atoms with Crippen LogP contribution in [0.25, 0.3) is 22.3 Å². The number of hydrogen-bond donors (Lipinski definition) is 1. The molecule has 2 fully saturated rings. The van der Waals surface area contributed by atoms with Crippen LogP contribution in [0.1, 0.15) is 57.8 Å². The molecule has 2 saturated heterocycles. The number of carboxylic acid groups (broad SMARTS) is 1. The van der Waals surface area contributed by atoms with Gasteiger partial charge in [0.2, 0.25) is 11.9 Å². The van der Waals surface area contributed by atoms with Crippen LogP contribution in [0.2, 0.25) is 0 Å². The van der Waals surface area contributed by atoms with Crippen molar-refractivity contribution in [1.29, 1.82) is 0 Å². The average Bonchev–Trinajstić information content (AvgIpc) is 3.35. The minimum atomic E-state index is -5.10. The van der Waals surface area contributed by atoms with E-state index in [0.717, 1.165) is 4.90 Å². The molecule has 16 heteroatoms. The van der Waals surface area contributed by atoms with Crippen LogP contribution >= 0.6 is 0 Å². The fourth-order valence-corrected chi connectivity index (χ4v) is 6.08. The van der Waals surface area contributed by atoms with Crippen molar-refractivity contribution in [3.8, 4) is 28.0 Å². The van der Waals surface area contributed by atoms with Crippen molar-refractivity contribution in [3.05, 3.63) is 94.3 Å². The van der Waals surface area contributed by atoms with Crippen LogP contribution in [0.4, 0.5) is 37.1 Å². The summed E-state index contributed by atoms with van der Waals surface area (Å²) in [5.41, 5.74) is -0.498. The summed E-state index contributed by atoms with van der Waals surface area (Å²) in [5, 5.41) is 9.40. The number of carboxylic acids is 1. The number of aromatic nitrogens is 2. The first-order chi connectivity index (χ1) is 24.0. The zero-order valence-corrected chi connectivity index (χ0v) is 27.1. The molecule has 2 atom stereocenters. The van der Waals surface area contributed by atoms with Gasteiger partial charge in [-0.25, -0.2) is 19.6 Å². The zero-order chi connectivity index (χ0) is 37.0. The third-order valence-electron chi connectivity index (χ3n) is 8.87. The second-order valence-corrected chi connectivity index (χ2v) is 12.1. The van der Waals surface area contributed by atoms with E-state index in [4.69, 9.17) is 9.47 Å². The highest BCUT2D eigenvalue weighted by Gasteiger charge is 2.44. The first kappa shape index (κ1) is 35.2. The van der Waals surface area contributed by atoms with E-state index in [9.17, 15) is 45.8 Å². The Kier molecular flexibility index (Phi) is 8.89. The van der Waals surface area contributed by atoms with Gasteiger partial charge in [-0.1, -0.05) is 12.1 Å². The SMILES string of the molecule is COc1ccc(-c2ccc(C(=O)O)cc2C)cc1-c1cnc(N2CCC2=O)nc1CN1C(=O)OC(c2cc(C(F)(F)F)cc(C(F)(F)F)c2)[C@@H]1C. The highest BCUT2D eigenvalue weighted by atomic mass is 19.4. The van der Waals surface area contributed by atoms with E-state index < -0.39 is 53.3 Å². The molecule has 0 spiro atoms. The number of aryl methyl sites for hydroxylation is 1. The Labute approximate surface area is 286 Å². The van der Waals surface area contributed by atoms with Crippen LogP contribution in [0, 0.1) is 6.92 Å². The third-order valence-corrected chi connectivity index (χ3v) is 8.87. The Morgan fingerprint density at radius 2 is 1.65 bits per heavy atom. The van der Waals surface area contributed by atoms with Gasteiger partial charge in [0.25, 0.3) is 0 Å². The molecular formula is C35H28F6N4O6. The summed E-state index contributed by atoms with van der Waals surface area (Å²) in [6.45, 7) is 3.17. The number of methoxy groups -OCH3 is 1. The molecule has 2 aliphatic rings. The molecule has 51 heavy (non-hydrogen) atoms. The van der Waals surface area contributed by atoms with Crippen molar-refractivity contribution < 1.29 is 55.3 Å². The molecule has 1 N–H and O–H groups in total. The van der Waals surface area contributed by atoms with Crippen LogP contribution < -0.4 is 9.64 Å². The molecule has 2 aliphatic heterocycles. The predicted octanol–water partition coefficient (Wildman–Crippen LogP) is 7.68. The van der Waals surface area contributed by atoms with Gasteiger partial charge < -0.3 is 14.6 Å². The highest BCUT2D eigenvalue weighted by Crippen LogP contribution is 2.42. The summed E-state index contributed by atoms with van der Waals surface area (Å²) in [5.74, 6) is -0.944. The maximum Gasteiger partial charge on any atom is 0.416 e. The van der Waals surface area contributed by atoms with Gasteiger partial charge in [0, 0.05) is 30.3 Å². The fraction of sp³-hybridized carbons (Fsp3) is 0.286. The number of halogens is 6. The molecule has 0 aliphatic carbocycles. The van der Waals surface area contributed by atoms with E-state index >= 15 is 0 Å². The highest BCUT2D eigenvalue weighted by molar-refractivity contribution is 5.98. The minimum absolute atomic E-state index is 0.00199. The van der Waals surface area contributed by atoms with Gasteiger partial charge in [-0.05, 0) is 78.6 Å². The molecule has 0 bridgehead atoms. The van der Waals surface area contributed by atoms with E-state index in [2.05, 4.69) is 9.97 Å². The number of aromatic carboxylic acids is 1. The van der Waals surface area contributed by atoms with Gasteiger partial charge >= 0.3 is 24.4 Å². The monoisotopic (exact) mass is 714 g/mol. The van der Waals surface area contributed by atoms with Crippen molar-refractivity contribution in [2.45, 2.75) is 51.3 Å². The summed E-state index contributed by atoms with van der Waals surface area (Å²) in [6, 6.07) is 9.79. The quantitative estimate of drug-likeness (QED) is 0.146. The number of carbonyl (C=O) groups excluding carboxylic acids is 2. The Morgan fingerprint density at radius 3 is 2.20 bits per heavy atom. The molecule has 3 aromatic carbocycles. The zero-order valence-electron chi connectivity index (χ0n) is 27.1. The average molecular weight is 715 g/mol. The Bertz CT molecular complexity index is 2040. The predicted molar refractivity (Wildman–Crippen MR) is 169 cm³/mol. The number of ether oxygens (including phenoxy) is 2. The number of rotatable bonds is 8. The summed E-state index contributed by atoms with van der Waals surface area (Å²) in [4.78, 5) is 48.5. The number of carbonyl (C=O) groups is 3. The first-order valence-electron chi connectivity index (χ1n) is 15.4. The molecule has 10 nitrogen and oxygen atoms in total. The second-order valence-electron chi connectivity index (χ2n) is 12.1. The van der Waals surface area contributed by atoms with Crippen molar-refractivity contribution >= 4 is 23.9 Å². The summed E-state index contributed by atoms with van der Waals surface area (Å²) < 4.78 is 92.9. The maximum absolute atomic E-state index is 13.6. The number of cyclic esters (lactones) is 1. The molecule has 266 valence electrons. The lowest BCUT2D eigenvalue weighted by molar-refractivity contribution is -0.143. The van der Waals surface area contributed by atoms with Crippen LogP contribution in [-0.2, 0) is 28.4 Å². The lowest BCUT2D eigenvalue weighted by Crippen LogP contribution is -2.44. The largest absolute Gasteiger partial charge is 0.496 e. The molecule has 0 saturated carbocycles. The number of hydrogen-bond acceptors (Lipinski definition) is 7. The van der Waals surface area contributed by atoms with Gasteiger partial charge in [0.15, 0.2) is 0 Å². The summed E-state index contributed by atoms with van der Waals surface area (Å²) in [7, 11) is 1.42. The van der Waals surface area contributed by atoms with Gasteiger partial charge in [-0.2, -0.15) is 26.3 Å². The van der Waals surface area contributed by atoms with E-state index in [-0.39, 0.29) is 42.1 Å². The van der Waals surface area contributed by atoms with Crippen LogP contribution in [-0.4, -0.2) is 57.6 Å². The van der Waals surface area contributed by atoms with Gasteiger partial charge in [0.1, 0.15) is 11.9 Å². The van der Waals surface area contributed by atoms with E-state index in [0.29, 0.717) is 52.2 Å². The van der Waals surface area contributed by atoms with Crippen LogP contribution in [0.3, 0.4) is 0 Å². The molecule has 1 unspecified atom stereocenters. The third kappa shape index (κ3) is 6.77. The van der Waals surface area contributed by atoms with Crippen LogP contribution in [0.5, 0.6) is 5.75 Å². The molecule has 2 amide bonds. The first-order valence-corrected chi connectivity index (χ1v) is 15.4. The molecule has 6 rings (SSSR count). The Morgan fingerprint density at radius 1 is 0.961 bits per heavy atom. The number of alkyl halides is 6. The lowest BCUT2D eigenvalue weighted by Gasteiger charge is -2.29. The number of anilines is 1. The topological polar surface area (TPSA) is 122 Å². The van der Waals surface area contributed by atoms with Gasteiger partial charge in [-0.15, -0.1) is 0 Å². The molecular weight excluding hydrogens is 686 g/mol. The Hall–Kier alpha value is -5.67. The fourth-order valence-electron chi connectivity index (χ4n) is 6.08. The van der Waals surface area contributed by atoms with Crippen molar-refractivity contribution in [1.82, 2.24) is 14.9 Å². The van der Waals surface area contributed by atoms with Crippen molar-refractivity contribution in [2.75, 3.05) is 18.6 Å². The minimum Gasteiger partial charge on any atom is -0.496 e. The molecule has 3 heterocycles. The molecule has 4 aromatic rings. The number of amides is 2. The lowest BCUT2D eigenvalue weighted by atomic mass is 9.94. The normalized spacial score (nSPS) is 17.7. The number of β-lactam (4-membered cyclic amide) rings is 1. The Balaban J connectivity index is 1.42. The standard InChI is InChI=1S/C35H28F6N4O6/c1-17-10-20(31(47)48)4-6-24(17)19-5-7-28(50-3)25(13-19)26-15-42-32(44-9-8-29(44)46)43-27(26)16-45-18(2)30(51-33(45)49)21-11-22(34(36,37)38)14-23(12-21)35(39,40)41/h4-7,10-15,18,30H,8-9,16H2,1-3H3,(H,47,48)/t18-,30?/m0/s1. The second kappa shape index (κ2) is 12.9. The number of benzene rings is 3.